The summed E-state index contributed by atoms with van der Waals surface area (Å²) >= 11 is 11.2. The van der Waals surface area contributed by atoms with Gasteiger partial charge in [0, 0.05) is 27.5 Å². The van der Waals surface area contributed by atoms with Gasteiger partial charge in [-0.3, -0.25) is 14.9 Å². The number of benzene rings is 3. The van der Waals surface area contributed by atoms with Gasteiger partial charge < -0.3 is 15.1 Å². The number of anilines is 2. The molecule has 0 fully saturated rings. The third-order valence-corrected chi connectivity index (χ3v) is 5.77. The number of furan rings is 1. The van der Waals surface area contributed by atoms with Crippen LogP contribution in [0.1, 0.15) is 32.0 Å². The minimum atomic E-state index is -0.456. The minimum Gasteiger partial charge on any atom is -0.451 e. The first kappa shape index (κ1) is 24.2. The molecule has 8 heteroatoms. The first-order valence-corrected chi connectivity index (χ1v) is 11.5. The normalized spacial score (nSPS) is 10.5. The summed E-state index contributed by atoms with van der Waals surface area (Å²) in [7, 11) is 0. The topological polar surface area (TPSA) is 83.4 Å². The number of carbonyl (C=O) groups is 2. The Kier molecular flexibility index (Phi) is 7.29. The Morgan fingerprint density at radius 3 is 2.20 bits per heavy atom. The molecular weight excluding hydrogens is 482 g/mol. The lowest BCUT2D eigenvalue weighted by Crippen LogP contribution is -2.33. The van der Waals surface area contributed by atoms with E-state index in [2.05, 4.69) is 16.0 Å². The van der Waals surface area contributed by atoms with Gasteiger partial charge in [-0.2, -0.15) is 0 Å². The number of rotatable bonds is 5. The third kappa shape index (κ3) is 6.15. The van der Waals surface area contributed by atoms with Gasteiger partial charge >= 0.3 is 0 Å². The maximum absolute atomic E-state index is 12.6. The van der Waals surface area contributed by atoms with Crippen LogP contribution in [0.4, 0.5) is 11.4 Å². The van der Waals surface area contributed by atoms with Crippen molar-refractivity contribution in [2.24, 2.45) is 0 Å². The zero-order chi connectivity index (χ0) is 24.9. The molecule has 0 unspecified atom stereocenters. The van der Waals surface area contributed by atoms with Gasteiger partial charge in [-0.05, 0) is 97.9 Å². The summed E-state index contributed by atoms with van der Waals surface area (Å²) in [5.74, 6) is 0.0339. The second kappa shape index (κ2) is 10.5. The Hall–Kier alpha value is -3.94. The molecule has 4 rings (SSSR count). The van der Waals surface area contributed by atoms with Gasteiger partial charge in [0.25, 0.3) is 11.8 Å². The Morgan fingerprint density at radius 1 is 0.800 bits per heavy atom. The van der Waals surface area contributed by atoms with E-state index in [1.165, 1.54) is 5.56 Å². The van der Waals surface area contributed by atoms with Gasteiger partial charge in [0.15, 0.2) is 10.9 Å². The van der Waals surface area contributed by atoms with Crippen molar-refractivity contribution in [3.8, 4) is 11.3 Å². The zero-order valence-corrected chi connectivity index (χ0v) is 20.6. The van der Waals surface area contributed by atoms with E-state index in [-0.39, 0.29) is 16.8 Å². The smallest absolute Gasteiger partial charge is 0.293 e. The molecule has 6 nitrogen and oxygen atoms in total. The monoisotopic (exact) mass is 503 g/mol. The molecule has 0 saturated carbocycles. The van der Waals surface area contributed by atoms with Crippen molar-refractivity contribution < 1.29 is 14.0 Å². The molecule has 0 aliphatic heterocycles. The quantitative estimate of drug-likeness (QED) is 0.267. The van der Waals surface area contributed by atoms with Crippen LogP contribution in [0.2, 0.25) is 5.02 Å². The molecule has 0 aliphatic rings. The Labute approximate surface area is 213 Å². The van der Waals surface area contributed by atoms with Crippen LogP contribution in [0, 0.1) is 13.8 Å². The van der Waals surface area contributed by atoms with Crippen LogP contribution in [-0.4, -0.2) is 16.9 Å². The van der Waals surface area contributed by atoms with E-state index < -0.39 is 5.91 Å². The molecule has 0 aliphatic carbocycles. The van der Waals surface area contributed by atoms with Gasteiger partial charge in [-0.15, -0.1) is 0 Å². The van der Waals surface area contributed by atoms with Gasteiger partial charge in [-0.25, -0.2) is 0 Å². The van der Waals surface area contributed by atoms with Gasteiger partial charge in [0.05, 0.1) is 0 Å². The lowest BCUT2D eigenvalue weighted by Gasteiger charge is -2.10. The summed E-state index contributed by atoms with van der Waals surface area (Å²) in [5, 5.41) is 8.96. The molecule has 35 heavy (non-hydrogen) atoms. The summed E-state index contributed by atoms with van der Waals surface area (Å²) in [6.07, 6.45) is 0. The summed E-state index contributed by atoms with van der Waals surface area (Å²) in [5.41, 5.74) is 4.94. The Balaban J connectivity index is 1.33. The van der Waals surface area contributed by atoms with Crippen LogP contribution < -0.4 is 16.0 Å². The highest BCUT2D eigenvalue weighted by Gasteiger charge is 2.14. The number of halogens is 1. The average Bonchev–Trinajstić information content (AvgIpc) is 3.33. The van der Waals surface area contributed by atoms with Crippen LogP contribution in [0.5, 0.6) is 0 Å². The molecule has 0 saturated heterocycles. The molecule has 0 radical (unpaired) electrons. The van der Waals surface area contributed by atoms with Gasteiger partial charge in [0.1, 0.15) is 5.76 Å². The number of thiocarbonyl (C=S) groups is 1. The molecule has 0 spiro atoms. The third-order valence-electron chi connectivity index (χ3n) is 5.34. The summed E-state index contributed by atoms with van der Waals surface area (Å²) in [6, 6.07) is 23.0. The standard InChI is InChI=1S/C27H22ClN3O3S/c1-16-6-7-18(14-17(16)2)23-12-13-24(34-23)26(33)31-27(35)30-22-10-8-21(9-11-22)29-25(32)19-4-3-5-20(28)15-19/h3-15H,1-2H3,(H,29,32)(H2,30,31,33,35). The number of nitrogens with one attached hydrogen (secondary N) is 3. The second-order valence-electron chi connectivity index (χ2n) is 7.91. The molecule has 3 N–H and O–H groups in total. The molecule has 0 bridgehead atoms. The molecule has 1 heterocycles. The molecular formula is C27H22ClN3O3S. The number of hydrogen-bond donors (Lipinski definition) is 3. The average molecular weight is 504 g/mol. The molecule has 1 aromatic heterocycles. The highest BCUT2D eigenvalue weighted by Crippen LogP contribution is 2.24. The second-order valence-corrected chi connectivity index (χ2v) is 8.76. The maximum Gasteiger partial charge on any atom is 0.293 e. The van der Waals surface area contributed by atoms with Crippen molar-refractivity contribution in [3.05, 3.63) is 106 Å². The first-order valence-electron chi connectivity index (χ1n) is 10.8. The van der Waals surface area contributed by atoms with Crippen LogP contribution >= 0.6 is 23.8 Å². The van der Waals surface area contributed by atoms with Crippen molar-refractivity contribution in [2.45, 2.75) is 13.8 Å². The van der Waals surface area contributed by atoms with Crippen LogP contribution in [0.15, 0.2) is 83.3 Å². The van der Waals surface area contributed by atoms with Gasteiger partial charge in [0.2, 0.25) is 0 Å². The first-order chi connectivity index (χ1) is 16.8. The lowest BCUT2D eigenvalue weighted by atomic mass is 10.1. The number of amides is 2. The predicted molar refractivity (Wildman–Crippen MR) is 143 cm³/mol. The summed E-state index contributed by atoms with van der Waals surface area (Å²) in [4.78, 5) is 24.9. The molecule has 3 aromatic carbocycles. The number of hydrogen-bond acceptors (Lipinski definition) is 4. The van der Waals surface area contributed by atoms with Crippen LogP contribution in [-0.2, 0) is 0 Å². The summed E-state index contributed by atoms with van der Waals surface area (Å²) < 4.78 is 5.73. The fraction of sp³-hybridized carbons (Fsp3) is 0.0741. The van der Waals surface area contributed by atoms with E-state index >= 15 is 0 Å². The number of aryl methyl sites for hydroxylation is 2. The fourth-order valence-corrected chi connectivity index (χ4v) is 3.71. The van der Waals surface area contributed by atoms with E-state index in [1.807, 2.05) is 32.0 Å². The van der Waals surface area contributed by atoms with Crippen LogP contribution in [0.25, 0.3) is 11.3 Å². The van der Waals surface area contributed by atoms with E-state index in [4.69, 9.17) is 28.2 Å². The largest absolute Gasteiger partial charge is 0.451 e. The van der Waals surface area contributed by atoms with Crippen molar-refractivity contribution in [1.82, 2.24) is 5.32 Å². The van der Waals surface area contributed by atoms with E-state index in [0.717, 1.165) is 11.1 Å². The maximum atomic E-state index is 12.6. The highest BCUT2D eigenvalue weighted by molar-refractivity contribution is 7.80. The lowest BCUT2D eigenvalue weighted by molar-refractivity contribution is 0.0950. The molecule has 2 amide bonds. The molecule has 176 valence electrons. The van der Waals surface area contributed by atoms with Crippen molar-refractivity contribution >= 4 is 52.1 Å². The van der Waals surface area contributed by atoms with Crippen LogP contribution in [0.3, 0.4) is 0 Å². The minimum absolute atomic E-state index is 0.120. The highest BCUT2D eigenvalue weighted by atomic mass is 35.5. The SMILES string of the molecule is Cc1ccc(-c2ccc(C(=O)NC(=S)Nc3ccc(NC(=O)c4cccc(Cl)c4)cc3)o2)cc1C. The van der Waals surface area contributed by atoms with Crippen molar-refractivity contribution in [1.29, 1.82) is 0 Å². The van der Waals surface area contributed by atoms with Crippen molar-refractivity contribution in [2.75, 3.05) is 10.6 Å². The van der Waals surface area contributed by atoms with Crippen molar-refractivity contribution in [3.63, 3.8) is 0 Å². The fourth-order valence-electron chi connectivity index (χ4n) is 3.31. The van der Waals surface area contributed by atoms with E-state index in [9.17, 15) is 9.59 Å². The van der Waals surface area contributed by atoms with E-state index in [1.54, 1.807) is 60.7 Å². The van der Waals surface area contributed by atoms with E-state index in [0.29, 0.717) is 27.7 Å². The zero-order valence-electron chi connectivity index (χ0n) is 19.0. The molecule has 4 aromatic rings. The summed E-state index contributed by atoms with van der Waals surface area (Å²) in [6.45, 7) is 4.07. The predicted octanol–water partition coefficient (Wildman–Crippen LogP) is 6.60. The Morgan fingerprint density at radius 2 is 1.51 bits per heavy atom. The van der Waals surface area contributed by atoms with Gasteiger partial charge in [-0.1, -0.05) is 29.8 Å². The number of carbonyl (C=O) groups excluding carboxylic acids is 2. The molecule has 0 atom stereocenters. The Bertz CT molecular complexity index is 1410.